The van der Waals surface area contributed by atoms with Gasteiger partial charge in [-0.1, -0.05) is 35.6 Å². The standard InChI is InChI=1S/C37H44N4O9S/c1-36(2,3)49-33(44)38-19-18-23-8-14-26(15-9-23)48-27-16-17-28(29(21-27)41(7)35(46)50-37(4,5)6)39-31(42)22-47-25-12-10-24(11-13-25)20-30-32(43)40-34(45)51-30/h8-17,21,43H,18-20,22H2,1-7H3,(H,38,44)(H,39,42)(H,40,45). The number of hydrogen-bond acceptors (Lipinski definition) is 10. The average molecular weight is 721 g/mol. The van der Waals surface area contributed by atoms with Crippen LogP contribution in [0.2, 0.25) is 0 Å². The fourth-order valence-electron chi connectivity index (χ4n) is 4.57. The molecule has 0 aliphatic rings. The number of aromatic hydroxyl groups is 1. The number of carbonyl (C=O) groups is 3. The molecule has 4 N–H and O–H groups in total. The molecule has 4 aromatic rings. The molecule has 0 bridgehead atoms. The van der Waals surface area contributed by atoms with Crippen LogP contribution in [0.5, 0.6) is 23.1 Å². The second-order valence-electron chi connectivity index (χ2n) is 13.6. The molecule has 3 aromatic carbocycles. The van der Waals surface area contributed by atoms with Crippen LogP contribution in [0.25, 0.3) is 0 Å². The molecule has 14 heteroatoms. The van der Waals surface area contributed by atoms with Crippen LogP contribution in [0.15, 0.2) is 71.5 Å². The van der Waals surface area contributed by atoms with E-state index in [1.54, 1.807) is 96.1 Å². The maximum absolute atomic E-state index is 13.0. The van der Waals surface area contributed by atoms with Crippen LogP contribution in [-0.2, 0) is 27.1 Å². The summed E-state index contributed by atoms with van der Waals surface area (Å²) in [4.78, 5) is 53.2. The Morgan fingerprint density at radius 1 is 0.843 bits per heavy atom. The van der Waals surface area contributed by atoms with E-state index in [0.717, 1.165) is 22.5 Å². The van der Waals surface area contributed by atoms with Gasteiger partial charge in [0.2, 0.25) is 5.88 Å². The fourth-order valence-corrected chi connectivity index (χ4v) is 5.32. The molecule has 51 heavy (non-hydrogen) atoms. The van der Waals surface area contributed by atoms with Crippen molar-refractivity contribution in [2.75, 3.05) is 30.4 Å². The van der Waals surface area contributed by atoms with Gasteiger partial charge in [0.15, 0.2) is 6.61 Å². The molecule has 0 unspecified atom stereocenters. The smallest absolute Gasteiger partial charge is 0.414 e. The molecule has 13 nitrogen and oxygen atoms in total. The van der Waals surface area contributed by atoms with Crippen molar-refractivity contribution in [3.05, 3.63) is 92.4 Å². The molecule has 0 spiro atoms. The number of rotatable bonds is 12. The lowest BCUT2D eigenvalue weighted by Gasteiger charge is -2.26. The predicted molar refractivity (Wildman–Crippen MR) is 196 cm³/mol. The molecule has 1 heterocycles. The number of carbonyl (C=O) groups excluding carboxylic acids is 3. The summed E-state index contributed by atoms with van der Waals surface area (Å²) in [5, 5.41) is 15.4. The summed E-state index contributed by atoms with van der Waals surface area (Å²) in [5.74, 6) is 0.789. The zero-order chi connectivity index (χ0) is 37.3. The second-order valence-corrected chi connectivity index (χ2v) is 14.7. The second kappa shape index (κ2) is 16.5. The summed E-state index contributed by atoms with van der Waals surface area (Å²) < 4.78 is 22.6. The van der Waals surface area contributed by atoms with E-state index in [1.807, 2.05) is 12.1 Å². The zero-order valence-corrected chi connectivity index (χ0v) is 30.6. The lowest BCUT2D eigenvalue weighted by atomic mass is 10.1. The first-order valence-electron chi connectivity index (χ1n) is 16.2. The molecule has 4 rings (SSSR count). The lowest BCUT2D eigenvalue weighted by Crippen LogP contribution is -2.34. The number of thiazole rings is 1. The van der Waals surface area contributed by atoms with E-state index >= 15 is 0 Å². The quantitative estimate of drug-likeness (QED) is 0.121. The van der Waals surface area contributed by atoms with Crippen LogP contribution in [0.1, 0.15) is 57.5 Å². The van der Waals surface area contributed by atoms with E-state index in [2.05, 4.69) is 15.6 Å². The number of benzene rings is 3. The Balaban J connectivity index is 1.40. The van der Waals surface area contributed by atoms with Gasteiger partial charge in [0.25, 0.3) is 5.91 Å². The number of aromatic amines is 1. The Kier molecular flexibility index (Phi) is 12.4. The number of H-pyrrole nitrogens is 1. The third kappa shape index (κ3) is 12.4. The highest BCUT2D eigenvalue weighted by Crippen LogP contribution is 2.33. The van der Waals surface area contributed by atoms with Crippen LogP contribution < -0.4 is 29.9 Å². The summed E-state index contributed by atoms with van der Waals surface area (Å²) in [6.07, 6.45) is -0.139. The first-order chi connectivity index (χ1) is 23.9. The van der Waals surface area contributed by atoms with Crippen molar-refractivity contribution in [3.8, 4) is 23.1 Å². The molecule has 0 fully saturated rings. The topological polar surface area (TPSA) is 169 Å². The van der Waals surface area contributed by atoms with Gasteiger partial charge >= 0.3 is 17.1 Å². The van der Waals surface area contributed by atoms with Gasteiger partial charge in [-0.05, 0) is 95.5 Å². The minimum absolute atomic E-state index is 0.143. The minimum atomic E-state index is -0.752. The number of alkyl carbamates (subject to hydrolysis) is 1. The molecular weight excluding hydrogens is 676 g/mol. The van der Waals surface area contributed by atoms with Crippen molar-refractivity contribution in [2.24, 2.45) is 0 Å². The predicted octanol–water partition coefficient (Wildman–Crippen LogP) is 6.98. The third-order valence-electron chi connectivity index (χ3n) is 6.87. The summed E-state index contributed by atoms with van der Waals surface area (Å²) in [5.41, 5.74) is 1.17. The van der Waals surface area contributed by atoms with Crippen molar-refractivity contribution >= 4 is 40.8 Å². The zero-order valence-electron chi connectivity index (χ0n) is 29.7. The van der Waals surface area contributed by atoms with Crippen LogP contribution in [0, 0.1) is 0 Å². The van der Waals surface area contributed by atoms with Gasteiger partial charge in [0.05, 0.1) is 16.3 Å². The van der Waals surface area contributed by atoms with Gasteiger partial charge in [0, 0.05) is 26.1 Å². The molecular formula is C37H44N4O9S. The van der Waals surface area contributed by atoms with Crippen molar-refractivity contribution in [2.45, 2.75) is 65.6 Å². The Labute approximate surface area is 300 Å². The van der Waals surface area contributed by atoms with Crippen molar-refractivity contribution in [1.29, 1.82) is 0 Å². The molecule has 0 saturated heterocycles. The van der Waals surface area contributed by atoms with E-state index in [0.29, 0.717) is 52.9 Å². The van der Waals surface area contributed by atoms with Crippen molar-refractivity contribution in [1.82, 2.24) is 10.3 Å². The first-order valence-corrected chi connectivity index (χ1v) is 17.0. The van der Waals surface area contributed by atoms with Gasteiger partial charge < -0.3 is 34.7 Å². The normalized spacial score (nSPS) is 11.4. The van der Waals surface area contributed by atoms with E-state index in [4.69, 9.17) is 18.9 Å². The fraction of sp³-hybridized carbons (Fsp3) is 0.351. The molecule has 0 aliphatic carbocycles. The first kappa shape index (κ1) is 38.3. The molecule has 0 saturated carbocycles. The third-order valence-corrected chi connectivity index (χ3v) is 7.74. The minimum Gasteiger partial charge on any atom is -0.494 e. The Bertz CT molecular complexity index is 1870. The van der Waals surface area contributed by atoms with Crippen LogP contribution >= 0.6 is 11.3 Å². The van der Waals surface area contributed by atoms with E-state index in [1.165, 1.54) is 11.9 Å². The van der Waals surface area contributed by atoms with Crippen LogP contribution in [-0.4, -0.2) is 59.6 Å². The highest BCUT2D eigenvalue weighted by Gasteiger charge is 2.24. The molecule has 3 amide bonds. The maximum Gasteiger partial charge on any atom is 0.414 e. The van der Waals surface area contributed by atoms with Crippen molar-refractivity contribution < 1.29 is 38.4 Å². The summed E-state index contributed by atoms with van der Waals surface area (Å²) >= 11 is 0.942. The van der Waals surface area contributed by atoms with E-state index in [-0.39, 0.29) is 17.4 Å². The van der Waals surface area contributed by atoms with Gasteiger partial charge in [-0.25, -0.2) is 9.59 Å². The molecule has 0 atom stereocenters. The molecule has 1 aromatic heterocycles. The van der Waals surface area contributed by atoms with E-state index < -0.39 is 29.3 Å². The molecule has 0 aliphatic heterocycles. The SMILES string of the molecule is CN(C(=O)OC(C)(C)C)c1cc(Oc2ccc(CCNC(=O)OC(C)(C)C)cc2)ccc1NC(=O)COc1ccc(Cc2sc(=O)[nH]c2O)cc1. The van der Waals surface area contributed by atoms with Gasteiger partial charge in [-0.15, -0.1) is 0 Å². The number of amides is 3. The number of aromatic nitrogens is 1. The Morgan fingerprint density at radius 2 is 1.45 bits per heavy atom. The summed E-state index contributed by atoms with van der Waals surface area (Å²) in [7, 11) is 1.53. The average Bonchev–Trinajstić information content (AvgIpc) is 3.35. The Hall–Kier alpha value is -5.50. The van der Waals surface area contributed by atoms with Crippen LogP contribution in [0.3, 0.4) is 0 Å². The number of hydrogen-bond donors (Lipinski definition) is 4. The number of ether oxygens (including phenoxy) is 4. The number of nitrogens with zero attached hydrogens (tertiary/aromatic N) is 1. The van der Waals surface area contributed by atoms with Gasteiger partial charge in [-0.2, -0.15) is 0 Å². The number of anilines is 2. The van der Waals surface area contributed by atoms with Gasteiger partial charge in [0.1, 0.15) is 28.5 Å². The highest BCUT2D eigenvalue weighted by atomic mass is 32.1. The Morgan fingerprint density at radius 3 is 2.06 bits per heavy atom. The van der Waals surface area contributed by atoms with Crippen LogP contribution in [0.4, 0.5) is 21.0 Å². The highest BCUT2D eigenvalue weighted by molar-refractivity contribution is 7.09. The number of nitrogens with one attached hydrogen (secondary N) is 3. The summed E-state index contributed by atoms with van der Waals surface area (Å²) in [6.45, 7) is 10.8. The molecule has 272 valence electrons. The van der Waals surface area contributed by atoms with Crippen molar-refractivity contribution in [3.63, 3.8) is 0 Å². The summed E-state index contributed by atoms with van der Waals surface area (Å²) in [6, 6.07) is 19.2. The molecule has 0 radical (unpaired) electrons. The monoisotopic (exact) mass is 720 g/mol. The maximum atomic E-state index is 13.0. The van der Waals surface area contributed by atoms with Gasteiger partial charge in [-0.3, -0.25) is 19.5 Å². The van der Waals surface area contributed by atoms with E-state index in [9.17, 15) is 24.3 Å². The lowest BCUT2D eigenvalue weighted by molar-refractivity contribution is -0.118. The largest absolute Gasteiger partial charge is 0.494 e.